The molecule has 6 nitrogen and oxygen atoms in total. The lowest BCUT2D eigenvalue weighted by Crippen LogP contribution is -2.12. The van der Waals surface area contributed by atoms with Gasteiger partial charge in [-0.3, -0.25) is 0 Å². The average molecular weight is 328 g/mol. The number of para-hydroxylation sites is 1. The highest BCUT2D eigenvalue weighted by molar-refractivity contribution is 5.80. The van der Waals surface area contributed by atoms with Gasteiger partial charge in [-0.15, -0.1) is 0 Å². The van der Waals surface area contributed by atoms with E-state index in [0.717, 1.165) is 16.9 Å². The van der Waals surface area contributed by atoms with Crippen molar-refractivity contribution in [3.63, 3.8) is 0 Å². The summed E-state index contributed by atoms with van der Waals surface area (Å²) in [5.74, 6) is 0.972. The van der Waals surface area contributed by atoms with Crippen LogP contribution in [0.5, 0.6) is 11.5 Å². The van der Waals surface area contributed by atoms with Crippen LogP contribution in [0.3, 0.4) is 0 Å². The maximum atomic E-state index is 11.1. The van der Waals surface area contributed by atoms with Crippen LogP contribution >= 0.6 is 0 Å². The van der Waals surface area contributed by atoms with Gasteiger partial charge in [0.1, 0.15) is 11.5 Å². The number of carbonyl (C=O) groups is 1. The van der Waals surface area contributed by atoms with Crippen LogP contribution in [0.25, 0.3) is 0 Å². The number of hydrogen-bond acceptors (Lipinski definition) is 6. The van der Waals surface area contributed by atoms with Crippen LogP contribution in [0.15, 0.2) is 53.6 Å². The zero-order valence-electron chi connectivity index (χ0n) is 13.7. The Morgan fingerprint density at radius 3 is 2.79 bits per heavy atom. The topological polar surface area (TPSA) is 69.2 Å². The third-order valence-electron chi connectivity index (χ3n) is 3.21. The summed E-state index contributed by atoms with van der Waals surface area (Å²) < 4.78 is 15.1. The molecule has 0 radical (unpaired) electrons. The molecule has 0 spiro atoms. The molecular formula is C18H20N2O4. The van der Waals surface area contributed by atoms with E-state index in [4.69, 9.17) is 9.47 Å². The van der Waals surface area contributed by atoms with Gasteiger partial charge in [-0.1, -0.05) is 30.3 Å². The second-order valence-corrected chi connectivity index (χ2v) is 4.84. The molecule has 0 saturated heterocycles. The molecule has 0 amide bonds. The molecule has 2 rings (SSSR count). The number of benzene rings is 2. The van der Waals surface area contributed by atoms with E-state index in [-0.39, 0.29) is 6.61 Å². The number of methoxy groups -OCH3 is 2. The lowest BCUT2D eigenvalue weighted by atomic mass is 10.2. The zero-order valence-corrected chi connectivity index (χ0v) is 13.7. The highest BCUT2D eigenvalue weighted by atomic mass is 16.6. The smallest absolute Gasteiger partial charge is 0.343 e. The fourth-order valence-corrected chi connectivity index (χ4v) is 1.99. The van der Waals surface area contributed by atoms with E-state index in [1.165, 1.54) is 7.11 Å². The first-order valence-corrected chi connectivity index (χ1v) is 7.40. The minimum atomic E-state index is -0.424. The fourth-order valence-electron chi connectivity index (χ4n) is 1.99. The molecule has 0 aromatic heterocycles. The Morgan fingerprint density at radius 2 is 2.00 bits per heavy atom. The monoisotopic (exact) mass is 328 g/mol. The van der Waals surface area contributed by atoms with Gasteiger partial charge in [-0.25, -0.2) is 4.79 Å². The second-order valence-electron chi connectivity index (χ2n) is 4.84. The van der Waals surface area contributed by atoms with Gasteiger partial charge in [0.25, 0.3) is 0 Å². The fraction of sp³-hybridized carbons (Fsp3) is 0.222. The third-order valence-corrected chi connectivity index (χ3v) is 3.21. The van der Waals surface area contributed by atoms with E-state index in [9.17, 15) is 4.79 Å². The van der Waals surface area contributed by atoms with Crippen molar-refractivity contribution in [2.45, 2.75) is 6.54 Å². The number of nitrogens with one attached hydrogen (secondary N) is 1. The van der Waals surface area contributed by atoms with Gasteiger partial charge in [-0.05, 0) is 23.8 Å². The summed E-state index contributed by atoms with van der Waals surface area (Å²) in [5.41, 5.74) is 4.85. The number of hydrogen-bond donors (Lipinski definition) is 1. The number of carbonyl (C=O) groups excluding carboxylic acids is 1. The molecule has 6 heteroatoms. The summed E-state index contributed by atoms with van der Waals surface area (Å²) in [6.45, 7) is 0.433. The van der Waals surface area contributed by atoms with Crippen molar-refractivity contribution < 1.29 is 19.0 Å². The van der Waals surface area contributed by atoms with E-state index in [1.807, 2.05) is 36.4 Å². The molecule has 0 atom stereocenters. The lowest BCUT2D eigenvalue weighted by molar-refractivity contribution is -0.142. The van der Waals surface area contributed by atoms with Crippen molar-refractivity contribution >= 4 is 12.2 Å². The number of esters is 1. The number of nitrogens with zero attached hydrogens (tertiary/aromatic N) is 1. The van der Waals surface area contributed by atoms with E-state index >= 15 is 0 Å². The lowest BCUT2D eigenvalue weighted by Gasteiger charge is -2.07. The molecule has 0 saturated carbocycles. The van der Waals surface area contributed by atoms with Crippen molar-refractivity contribution in [3.8, 4) is 11.5 Å². The third kappa shape index (κ3) is 5.31. The summed E-state index contributed by atoms with van der Waals surface area (Å²) in [6, 6.07) is 15.0. The van der Waals surface area contributed by atoms with Gasteiger partial charge in [0.15, 0.2) is 6.61 Å². The van der Waals surface area contributed by atoms with Gasteiger partial charge < -0.3 is 19.6 Å². The SMILES string of the molecule is COC(=O)COc1cccc(/C=N/NCc2ccccc2OC)c1. The molecule has 24 heavy (non-hydrogen) atoms. The molecule has 0 fully saturated rings. The average Bonchev–Trinajstić information content (AvgIpc) is 2.64. The first-order valence-electron chi connectivity index (χ1n) is 7.40. The molecule has 2 aromatic carbocycles. The Hall–Kier alpha value is -3.02. The van der Waals surface area contributed by atoms with Crippen LogP contribution < -0.4 is 14.9 Å². The minimum absolute atomic E-state index is 0.122. The molecule has 0 aliphatic rings. The maximum absolute atomic E-state index is 11.1. The summed E-state index contributed by atoms with van der Waals surface area (Å²) in [5, 5.41) is 4.19. The Kier molecular flexibility index (Phi) is 6.64. The molecule has 0 heterocycles. The summed E-state index contributed by atoms with van der Waals surface area (Å²) >= 11 is 0. The molecular weight excluding hydrogens is 308 g/mol. The highest BCUT2D eigenvalue weighted by Gasteiger charge is 2.02. The largest absolute Gasteiger partial charge is 0.496 e. The predicted octanol–water partition coefficient (Wildman–Crippen LogP) is 2.37. The van der Waals surface area contributed by atoms with Crippen LogP contribution in [0.4, 0.5) is 0 Å². The molecule has 0 unspecified atom stereocenters. The minimum Gasteiger partial charge on any atom is -0.496 e. The van der Waals surface area contributed by atoms with Crippen LogP contribution in [-0.4, -0.2) is 33.0 Å². The Bertz CT molecular complexity index is 701. The number of ether oxygens (including phenoxy) is 3. The van der Waals surface area contributed by atoms with Crippen molar-refractivity contribution in [2.24, 2.45) is 5.10 Å². The molecule has 0 aliphatic carbocycles. The Balaban J connectivity index is 1.88. The molecule has 126 valence electrons. The quantitative estimate of drug-likeness (QED) is 0.458. The second kappa shape index (κ2) is 9.19. The van der Waals surface area contributed by atoms with E-state index < -0.39 is 5.97 Å². The Morgan fingerprint density at radius 1 is 1.17 bits per heavy atom. The summed E-state index contributed by atoms with van der Waals surface area (Å²) in [7, 11) is 2.96. The first-order chi connectivity index (χ1) is 11.7. The maximum Gasteiger partial charge on any atom is 0.343 e. The van der Waals surface area contributed by atoms with E-state index in [2.05, 4.69) is 15.3 Å². The van der Waals surface area contributed by atoms with E-state index in [0.29, 0.717) is 12.3 Å². The predicted molar refractivity (Wildman–Crippen MR) is 91.4 cm³/mol. The van der Waals surface area contributed by atoms with Crippen molar-refractivity contribution in [1.82, 2.24) is 5.43 Å². The summed E-state index contributed by atoms with van der Waals surface area (Å²) in [4.78, 5) is 11.1. The van der Waals surface area contributed by atoms with Crippen molar-refractivity contribution in [1.29, 1.82) is 0 Å². The molecule has 1 N–H and O–H groups in total. The van der Waals surface area contributed by atoms with Gasteiger partial charge in [0.05, 0.1) is 27.0 Å². The molecule has 2 aromatic rings. The van der Waals surface area contributed by atoms with Crippen LogP contribution in [0, 0.1) is 0 Å². The van der Waals surface area contributed by atoms with Crippen LogP contribution in [0.2, 0.25) is 0 Å². The van der Waals surface area contributed by atoms with Gasteiger partial charge in [0.2, 0.25) is 0 Å². The van der Waals surface area contributed by atoms with Crippen molar-refractivity contribution in [3.05, 3.63) is 59.7 Å². The van der Waals surface area contributed by atoms with Gasteiger partial charge >= 0.3 is 5.97 Å². The van der Waals surface area contributed by atoms with Gasteiger partial charge in [0, 0.05) is 5.56 Å². The summed E-state index contributed by atoms with van der Waals surface area (Å²) in [6.07, 6.45) is 1.68. The number of hydrazone groups is 1. The van der Waals surface area contributed by atoms with Crippen LogP contribution in [-0.2, 0) is 16.1 Å². The van der Waals surface area contributed by atoms with Gasteiger partial charge in [-0.2, -0.15) is 5.10 Å². The van der Waals surface area contributed by atoms with E-state index in [1.54, 1.807) is 25.5 Å². The zero-order chi connectivity index (χ0) is 17.2. The Labute approximate surface area is 141 Å². The highest BCUT2D eigenvalue weighted by Crippen LogP contribution is 2.16. The molecule has 0 bridgehead atoms. The molecule has 0 aliphatic heterocycles. The van der Waals surface area contributed by atoms with Crippen molar-refractivity contribution in [2.75, 3.05) is 20.8 Å². The normalized spacial score (nSPS) is 10.4. The number of rotatable bonds is 8. The van der Waals surface area contributed by atoms with Crippen LogP contribution in [0.1, 0.15) is 11.1 Å². The first kappa shape index (κ1) is 17.3. The standard InChI is InChI=1S/C18H20N2O4/c1-22-17-9-4-3-7-15(17)12-20-19-11-14-6-5-8-16(10-14)24-13-18(21)23-2/h3-11,20H,12-13H2,1-2H3/b19-11+.